The summed E-state index contributed by atoms with van der Waals surface area (Å²) >= 11 is 0. The molecule has 2 nitrogen and oxygen atoms in total. The van der Waals surface area contributed by atoms with Crippen molar-refractivity contribution in [3.05, 3.63) is 0 Å². The van der Waals surface area contributed by atoms with Gasteiger partial charge in [0.05, 0.1) is 0 Å². The van der Waals surface area contributed by atoms with Gasteiger partial charge in [0, 0.05) is 6.54 Å². The van der Waals surface area contributed by atoms with Crippen LogP contribution in [0, 0.1) is 17.3 Å². The maximum Gasteiger partial charge on any atom is 0.00198 e. The highest BCUT2D eigenvalue weighted by atomic mass is 14.9. The second-order valence-electron chi connectivity index (χ2n) is 5.26. The highest BCUT2D eigenvalue weighted by Gasteiger charge is 2.23. The second-order valence-corrected chi connectivity index (χ2v) is 5.26. The van der Waals surface area contributed by atoms with E-state index in [2.05, 4.69) is 39.9 Å². The lowest BCUT2D eigenvalue weighted by atomic mass is 9.82. The van der Waals surface area contributed by atoms with E-state index in [-0.39, 0.29) is 0 Å². The van der Waals surface area contributed by atoms with Gasteiger partial charge in [-0.3, -0.25) is 0 Å². The molecule has 1 atom stereocenters. The standard InChI is InChI=1S/C13H30N2/c1-6-13(7-2,9-14)10-15-8-12(5)11(3)4/h11-12,15H,6-10,14H2,1-5H3. The van der Waals surface area contributed by atoms with E-state index in [1.54, 1.807) is 0 Å². The molecule has 0 fully saturated rings. The molecule has 0 aliphatic heterocycles. The third-order valence-electron chi connectivity index (χ3n) is 4.04. The minimum absolute atomic E-state index is 0.316. The number of hydrogen-bond donors (Lipinski definition) is 2. The van der Waals surface area contributed by atoms with Gasteiger partial charge in [-0.25, -0.2) is 0 Å². The third kappa shape index (κ3) is 4.98. The molecule has 92 valence electrons. The summed E-state index contributed by atoms with van der Waals surface area (Å²) in [4.78, 5) is 0. The van der Waals surface area contributed by atoms with Crippen LogP contribution < -0.4 is 11.1 Å². The highest BCUT2D eigenvalue weighted by molar-refractivity contribution is 4.80. The van der Waals surface area contributed by atoms with Gasteiger partial charge in [-0.05, 0) is 43.2 Å². The predicted octanol–water partition coefficient (Wildman–Crippen LogP) is 2.63. The predicted molar refractivity (Wildman–Crippen MR) is 68.9 cm³/mol. The maximum atomic E-state index is 5.87. The van der Waals surface area contributed by atoms with Crippen LogP contribution in [0.3, 0.4) is 0 Å². The fraction of sp³-hybridized carbons (Fsp3) is 1.00. The number of hydrogen-bond acceptors (Lipinski definition) is 2. The van der Waals surface area contributed by atoms with E-state index in [1.165, 1.54) is 12.8 Å². The summed E-state index contributed by atoms with van der Waals surface area (Å²) in [7, 11) is 0. The third-order valence-corrected chi connectivity index (χ3v) is 4.04. The average Bonchev–Trinajstić information content (AvgIpc) is 2.24. The molecule has 2 heteroatoms. The molecule has 0 saturated heterocycles. The first kappa shape index (κ1) is 14.9. The molecule has 0 rings (SSSR count). The van der Waals surface area contributed by atoms with Gasteiger partial charge in [0.2, 0.25) is 0 Å². The van der Waals surface area contributed by atoms with Crippen LogP contribution in [0.5, 0.6) is 0 Å². The van der Waals surface area contributed by atoms with Crippen LogP contribution in [0.15, 0.2) is 0 Å². The lowest BCUT2D eigenvalue weighted by Gasteiger charge is -2.31. The average molecular weight is 214 g/mol. The van der Waals surface area contributed by atoms with Crippen molar-refractivity contribution in [3.8, 4) is 0 Å². The zero-order valence-corrected chi connectivity index (χ0v) is 11.3. The number of rotatable bonds is 8. The fourth-order valence-corrected chi connectivity index (χ4v) is 1.66. The van der Waals surface area contributed by atoms with Crippen molar-refractivity contribution in [2.24, 2.45) is 23.0 Å². The lowest BCUT2D eigenvalue weighted by Crippen LogP contribution is -2.41. The molecule has 0 aromatic rings. The Kier molecular flexibility index (Phi) is 7.20. The molecule has 0 saturated carbocycles. The van der Waals surface area contributed by atoms with Gasteiger partial charge in [-0.15, -0.1) is 0 Å². The summed E-state index contributed by atoms with van der Waals surface area (Å²) in [6.45, 7) is 14.3. The van der Waals surface area contributed by atoms with Gasteiger partial charge in [0.15, 0.2) is 0 Å². The van der Waals surface area contributed by atoms with Crippen molar-refractivity contribution in [2.45, 2.75) is 47.5 Å². The fourth-order valence-electron chi connectivity index (χ4n) is 1.66. The van der Waals surface area contributed by atoms with Crippen LogP contribution in [0.4, 0.5) is 0 Å². The zero-order valence-electron chi connectivity index (χ0n) is 11.3. The molecular formula is C13H30N2. The number of nitrogens with two attached hydrogens (primary N) is 1. The molecule has 0 heterocycles. The summed E-state index contributed by atoms with van der Waals surface area (Å²) in [6, 6.07) is 0. The van der Waals surface area contributed by atoms with Crippen LogP contribution in [0.25, 0.3) is 0 Å². The van der Waals surface area contributed by atoms with E-state index in [0.29, 0.717) is 5.41 Å². The van der Waals surface area contributed by atoms with E-state index < -0.39 is 0 Å². The van der Waals surface area contributed by atoms with Crippen molar-refractivity contribution in [1.29, 1.82) is 0 Å². The first-order valence-corrected chi connectivity index (χ1v) is 6.42. The summed E-state index contributed by atoms with van der Waals surface area (Å²) in [5, 5.41) is 3.58. The molecule has 0 amide bonds. The minimum Gasteiger partial charge on any atom is -0.330 e. The van der Waals surface area contributed by atoms with Gasteiger partial charge >= 0.3 is 0 Å². The Morgan fingerprint density at radius 2 is 1.67 bits per heavy atom. The Morgan fingerprint density at radius 1 is 1.13 bits per heavy atom. The molecule has 0 radical (unpaired) electrons. The quantitative estimate of drug-likeness (QED) is 0.652. The van der Waals surface area contributed by atoms with Crippen molar-refractivity contribution < 1.29 is 0 Å². The molecule has 0 aliphatic rings. The van der Waals surface area contributed by atoms with Crippen LogP contribution in [-0.4, -0.2) is 19.6 Å². The van der Waals surface area contributed by atoms with Crippen LogP contribution >= 0.6 is 0 Å². The summed E-state index contributed by atoms with van der Waals surface area (Å²) in [5.74, 6) is 1.50. The van der Waals surface area contributed by atoms with Crippen LogP contribution in [-0.2, 0) is 0 Å². The van der Waals surface area contributed by atoms with Gasteiger partial charge in [0.1, 0.15) is 0 Å². The van der Waals surface area contributed by atoms with Gasteiger partial charge in [-0.1, -0.05) is 34.6 Å². The number of nitrogens with one attached hydrogen (secondary N) is 1. The SMILES string of the molecule is CCC(CC)(CN)CNCC(C)C(C)C. The Bertz CT molecular complexity index is 142. The lowest BCUT2D eigenvalue weighted by molar-refractivity contribution is 0.248. The maximum absolute atomic E-state index is 5.87. The molecule has 0 bridgehead atoms. The Balaban J connectivity index is 3.91. The van der Waals surface area contributed by atoms with E-state index in [1.807, 2.05) is 0 Å². The minimum atomic E-state index is 0.316. The van der Waals surface area contributed by atoms with Crippen molar-refractivity contribution >= 4 is 0 Å². The first-order valence-electron chi connectivity index (χ1n) is 6.42. The zero-order chi connectivity index (χ0) is 11.9. The normalized spacial score (nSPS) is 14.6. The van der Waals surface area contributed by atoms with Crippen molar-refractivity contribution in [3.63, 3.8) is 0 Å². The van der Waals surface area contributed by atoms with Crippen molar-refractivity contribution in [1.82, 2.24) is 5.32 Å². The molecular weight excluding hydrogens is 184 g/mol. The second kappa shape index (κ2) is 7.24. The Hall–Kier alpha value is -0.0800. The van der Waals surface area contributed by atoms with E-state index in [9.17, 15) is 0 Å². The summed E-state index contributed by atoms with van der Waals surface area (Å²) < 4.78 is 0. The van der Waals surface area contributed by atoms with E-state index >= 15 is 0 Å². The van der Waals surface area contributed by atoms with Gasteiger partial charge in [0.25, 0.3) is 0 Å². The molecule has 0 aromatic heterocycles. The van der Waals surface area contributed by atoms with Gasteiger partial charge < -0.3 is 11.1 Å². The monoisotopic (exact) mass is 214 g/mol. The molecule has 0 spiro atoms. The first-order chi connectivity index (χ1) is 7.01. The van der Waals surface area contributed by atoms with Crippen LogP contribution in [0.2, 0.25) is 0 Å². The van der Waals surface area contributed by atoms with Gasteiger partial charge in [-0.2, -0.15) is 0 Å². The molecule has 3 N–H and O–H groups in total. The molecule has 0 aliphatic carbocycles. The molecule has 1 unspecified atom stereocenters. The van der Waals surface area contributed by atoms with Crippen molar-refractivity contribution in [2.75, 3.05) is 19.6 Å². The van der Waals surface area contributed by atoms with E-state index in [4.69, 9.17) is 5.73 Å². The highest BCUT2D eigenvalue weighted by Crippen LogP contribution is 2.23. The Morgan fingerprint density at radius 3 is 2.00 bits per heavy atom. The smallest absolute Gasteiger partial charge is 0.00198 e. The largest absolute Gasteiger partial charge is 0.330 e. The van der Waals surface area contributed by atoms with E-state index in [0.717, 1.165) is 31.5 Å². The van der Waals surface area contributed by atoms with Crippen LogP contribution in [0.1, 0.15) is 47.5 Å². The molecule has 0 aromatic carbocycles. The molecule has 15 heavy (non-hydrogen) atoms. The Labute approximate surface area is 96.0 Å². The topological polar surface area (TPSA) is 38.0 Å². The summed E-state index contributed by atoms with van der Waals surface area (Å²) in [5.41, 5.74) is 6.18. The summed E-state index contributed by atoms with van der Waals surface area (Å²) in [6.07, 6.45) is 2.34.